The van der Waals surface area contributed by atoms with Crippen molar-refractivity contribution in [3.8, 4) is 0 Å². The van der Waals surface area contributed by atoms with Gasteiger partial charge in [-0.05, 0) is 57.2 Å². The van der Waals surface area contributed by atoms with Crippen LogP contribution in [0, 0.1) is 0 Å². The van der Waals surface area contributed by atoms with Gasteiger partial charge in [-0.15, -0.1) is 11.3 Å². The van der Waals surface area contributed by atoms with Crippen LogP contribution in [0.15, 0.2) is 18.3 Å². The molecule has 7 nitrogen and oxygen atoms in total. The van der Waals surface area contributed by atoms with Gasteiger partial charge in [-0.2, -0.15) is 0 Å². The lowest BCUT2D eigenvalue weighted by atomic mass is 9.95. The number of nitrogens with zero attached hydrogens (tertiary/aromatic N) is 1. The number of hydrogen-bond acceptors (Lipinski definition) is 7. The maximum absolute atomic E-state index is 12.6. The number of pyridine rings is 1. The van der Waals surface area contributed by atoms with Crippen LogP contribution in [-0.4, -0.2) is 35.5 Å². The summed E-state index contributed by atoms with van der Waals surface area (Å²) >= 11 is 7.23. The quantitative estimate of drug-likeness (QED) is 0.542. The Labute approximate surface area is 177 Å². The van der Waals surface area contributed by atoms with E-state index in [-0.39, 0.29) is 16.8 Å². The lowest BCUT2D eigenvalue weighted by molar-refractivity contribution is -0.119. The van der Waals surface area contributed by atoms with Gasteiger partial charge in [-0.25, -0.2) is 14.6 Å². The summed E-state index contributed by atoms with van der Waals surface area (Å²) in [5.41, 5.74) is 1.43. The molecular weight excluding hydrogens is 416 g/mol. The van der Waals surface area contributed by atoms with E-state index in [0.29, 0.717) is 10.6 Å². The van der Waals surface area contributed by atoms with Crippen LogP contribution >= 0.6 is 22.9 Å². The molecule has 2 aromatic heterocycles. The lowest BCUT2D eigenvalue weighted by Gasteiger charge is -2.14. The van der Waals surface area contributed by atoms with Gasteiger partial charge in [0.1, 0.15) is 10.2 Å². The van der Waals surface area contributed by atoms with E-state index < -0.39 is 24.5 Å². The average Bonchev–Trinajstić information content (AvgIpc) is 3.03. The Morgan fingerprint density at radius 2 is 2.00 bits per heavy atom. The zero-order valence-corrected chi connectivity index (χ0v) is 17.7. The molecule has 1 N–H and O–H groups in total. The van der Waals surface area contributed by atoms with Crippen LogP contribution in [0.2, 0.25) is 5.15 Å². The first-order chi connectivity index (χ1) is 13.9. The van der Waals surface area contributed by atoms with E-state index in [1.807, 2.05) is 0 Å². The third-order valence-electron chi connectivity index (χ3n) is 4.28. The number of hydrogen-bond donors (Lipinski definition) is 1. The molecule has 1 amide bonds. The first-order valence-corrected chi connectivity index (χ1v) is 10.5. The molecule has 1 aliphatic rings. The molecule has 0 spiro atoms. The minimum atomic E-state index is -0.747. The molecule has 0 atom stereocenters. The summed E-state index contributed by atoms with van der Waals surface area (Å²) in [5.74, 6) is -1.74. The highest BCUT2D eigenvalue weighted by Crippen LogP contribution is 2.38. The minimum Gasteiger partial charge on any atom is -0.459 e. The van der Waals surface area contributed by atoms with Crippen LogP contribution < -0.4 is 5.32 Å². The zero-order valence-electron chi connectivity index (χ0n) is 16.1. The van der Waals surface area contributed by atoms with Crippen molar-refractivity contribution in [3.05, 3.63) is 45.1 Å². The third kappa shape index (κ3) is 5.13. The van der Waals surface area contributed by atoms with Crippen LogP contribution in [0.5, 0.6) is 0 Å². The predicted octanol–water partition coefficient (Wildman–Crippen LogP) is 4.04. The summed E-state index contributed by atoms with van der Waals surface area (Å²) in [7, 11) is 0. The van der Waals surface area contributed by atoms with E-state index in [1.165, 1.54) is 23.6 Å². The fraction of sp³-hybridized carbons (Fsp3) is 0.400. The van der Waals surface area contributed by atoms with E-state index in [2.05, 4.69) is 10.3 Å². The van der Waals surface area contributed by atoms with E-state index in [1.54, 1.807) is 19.9 Å². The second-order valence-corrected chi connectivity index (χ2v) is 8.30. The fourth-order valence-corrected chi connectivity index (χ4v) is 4.54. The van der Waals surface area contributed by atoms with Crippen LogP contribution in [0.4, 0.5) is 5.00 Å². The van der Waals surface area contributed by atoms with Crippen LogP contribution in [-0.2, 0) is 27.1 Å². The Balaban J connectivity index is 1.71. The molecule has 0 radical (unpaired) electrons. The number of anilines is 1. The fourth-order valence-electron chi connectivity index (χ4n) is 3.05. The van der Waals surface area contributed by atoms with Gasteiger partial charge in [0.2, 0.25) is 0 Å². The Hall–Kier alpha value is -2.45. The minimum absolute atomic E-state index is 0.00237. The van der Waals surface area contributed by atoms with Crippen molar-refractivity contribution in [2.75, 3.05) is 11.9 Å². The SMILES string of the molecule is CC(C)OC(=O)c1c(NC(=O)COC(=O)c2cccnc2Cl)sc2c1CCCC2. The molecule has 3 rings (SSSR count). The molecule has 0 saturated heterocycles. The number of carbonyl (C=O) groups is 3. The van der Waals surface area contributed by atoms with Gasteiger partial charge in [-0.1, -0.05) is 11.6 Å². The Kier molecular flexibility index (Phi) is 6.87. The standard InChI is InChI=1S/C20H21ClN2O5S/c1-11(2)28-20(26)16-12-6-3-4-8-14(12)29-18(16)23-15(24)10-27-19(25)13-7-5-9-22-17(13)21/h5,7,9,11H,3-4,6,8,10H2,1-2H3,(H,23,24). The third-order valence-corrected chi connectivity index (χ3v) is 5.79. The van der Waals surface area contributed by atoms with Crippen molar-refractivity contribution >= 4 is 45.8 Å². The molecule has 0 aliphatic heterocycles. The summed E-state index contributed by atoms with van der Waals surface area (Å²) in [6.07, 6.45) is 4.86. The highest BCUT2D eigenvalue weighted by atomic mass is 35.5. The molecule has 2 aromatic rings. The van der Waals surface area contributed by atoms with Crippen molar-refractivity contribution < 1.29 is 23.9 Å². The van der Waals surface area contributed by atoms with Crippen molar-refractivity contribution in [3.63, 3.8) is 0 Å². The maximum Gasteiger partial charge on any atom is 0.341 e. The number of rotatable bonds is 6. The van der Waals surface area contributed by atoms with Gasteiger partial charge in [0.15, 0.2) is 6.61 Å². The summed E-state index contributed by atoms with van der Waals surface area (Å²) in [6.45, 7) is 3.04. The zero-order chi connectivity index (χ0) is 21.0. The van der Waals surface area contributed by atoms with E-state index in [4.69, 9.17) is 21.1 Å². The van der Waals surface area contributed by atoms with Crippen molar-refractivity contribution in [2.24, 2.45) is 0 Å². The van der Waals surface area contributed by atoms with Gasteiger partial charge < -0.3 is 14.8 Å². The highest BCUT2D eigenvalue weighted by molar-refractivity contribution is 7.17. The van der Waals surface area contributed by atoms with Crippen LogP contribution in [0.25, 0.3) is 0 Å². The number of halogens is 1. The maximum atomic E-state index is 12.6. The van der Waals surface area contributed by atoms with Crippen molar-refractivity contribution in [2.45, 2.75) is 45.6 Å². The smallest absolute Gasteiger partial charge is 0.341 e. The number of aryl methyl sites for hydroxylation is 1. The molecule has 1 aliphatic carbocycles. The van der Waals surface area contributed by atoms with E-state index in [9.17, 15) is 14.4 Å². The summed E-state index contributed by atoms with van der Waals surface area (Å²) < 4.78 is 10.4. The highest BCUT2D eigenvalue weighted by Gasteiger charge is 2.28. The topological polar surface area (TPSA) is 94.6 Å². The number of ether oxygens (including phenoxy) is 2. The lowest BCUT2D eigenvalue weighted by Crippen LogP contribution is -2.22. The van der Waals surface area contributed by atoms with Gasteiger partial charge >= 0.3 is 11.9 Å². The number of carbonyl (C=O) groups excluding carboxylic acids is 3. The average molecular weight is 437 g/mol. The van der Waals surface area contributed by atoms with Crippen LogP contribution in [0.3, 0.4) is 0 Å². The molecule has 154 valence electrons. The monoisotopic (exact) mass is 436 g/mol. The Morgan fingerprint density at radius 1 is 1.24 bits per heavy atom. The molecule has 0 fully saturated rings. The second kappa shape index (κ2) is 9.37. The molecular formula is C20H21ClN2O5S. The second-order valence-electron chi connectivity index (χ2n) is 6.84. The van der Waals surface area contributed by atoms with Crippen LogP contribution in [0.1, 0.15) is 57.8 Å². The largest absolute Gasteiger partial charge is 0.459 e. The molecule has 0 saturated carbocycles. The Morgan fingerprint density at radius 3 is 2.72 bits per heavy atom. The van der Waals surface area contributed by atoms with E-state index >= 15 is 0 Å². The summed E-state index contributed by atoms with van der Waals surface area (Å²) in [4.78, 5) is 41.9. The molecule has 29 heavy (non-hydrogen) atoms. The first-order valence-electron chi connectivity index (χ1n) is 9.29. The molecule has 0 bridgehead atoms. The number of nitrogens with one attached hydrogen (secondary N) is 1. The first kappa shape index (κ1) is 21.3. The van der Waals surface area contributed by atoms with Gasteiger partial charge in [0.05, 0.1) is 17.2 Å². The number of aromatic nitrogens is 1. The Bertz CT molecular complexity index is 941. The number of thiophene rings is 1. The normalized spacial score (nSPS) is 13.0. The van der Waals surface area contributed by atoms with Crippen molar-refractivity contribution in [1.82, 2.24) is 4.98 Å². The number of amides is 1. The molecule has 9 heteroatoms. The van der Waals surface area contributed by atoms with Gasteiger partial charge in [0.25, 0.3) is 5.91 Å². The molecule has 2 heterocycles. The van der Waals surface area contributed by atoms with Crippen molar-refractivity contribution in [1.29, 1.82) is 0 Å². The predicted molar refractivity (Wildman–Crippen MR) is 110 cm³/mol. The van der Waals surface area contributed by atoms with Gasteiger partial charge in [0, 0.05) is 11.1 Å². The molecule has 0 unspecified atom stereocenters. The van der Waals surface area contributed by atoms with E-state index in [0.717, 1.165) is 36.1 Å². The molecule has 0 aromatic carbocycles. The van der Waals surface area contributed by atoms with Gasteiger partial charge in [-0.3, -0.25) is 4.79 Å². The number of esters is 2. The number of fused-ring (bicyclic) bond motifs is 1. The summed E-state index contributed by atoms with van der Waals surface area (Å²) in [5, 5.41) is 3.13. The summed E-state index contributed by atoms with van der Waals surface area (Å²) in [6, 6.07) is 3.01.